The number of benzene rings is 1. The van der Waals surface area contributed by atoms with E-state index in [1.807, 2.05) is 0 Å². The molecule has 1 aromatic heterocycles. The Balaban J connectivity index is 1.84. The molecule has 0 amide bonds. The zero-order chi connectivity index (χ0) is 26.5. The number of nitrogens with one attached hydrogen (secondary N) is 3. The highest BCUT2D eigenvalue weighted by Gasteiger charge is 2.29. The minimum absolute atomic E-state index is 0.0264. The Hall–Kier alpha value is -3.35. The minimum atomic E-state index is -4.54. The molecule has 1 aromatic carbocycles. The molecular formula is C24H33F3N6O4. The van der Waals surface area contributed by atoms with Gasteiger partial charge < -0.3 is 30.2 Å². The first kappa shape index (κ1) is 28.2. The van der Waals surface area contributed by atoms with Gasteiger partial charge >= 0.3 is 18.2 Å². The van der Waals surface area contributed by atoms with Gasteiger partial charge in [0, 0.05) is 18.3 Å². The number of hydrogen-bond acceptors (Lipinski definition) is 10. The van der Waals surface area contributed by atoms with E-state index < -0.39 is 24.8 Å². The number of alkyl halides is 3. The van der Waals surface area contributed by atoms with Crippen LogP contribution in [-0.4, -0.2) is 67.1 Å². The molecule has 2 heterocycles. The molecule has 204 valence electrons. The van der Waals surface area contributed by atoms with Crippen LogP contribution in [0.5, 0.6) is 11.8 Å². The summed E-state index contributed by atoms with van der Waals surface area (Å²) < 4.78 is 53.5. The van der Waals surface area contributed by atoms with Gasteiger partial charge in [-0.05, 0) is 44.5 Å². The fourth-order valence-electron chi connectivity index (χ4n) is 3.62. The molecule has 1 aliphatic rings. The van der Waals surface area contributed by atoms with Crippen LogP contribution in [-0.2, 0) is 4.74 Å². The van der Waals surface area contributed by atoms with Crippen molar-refractivity contribution in [3.05, 3.63) is 23.8 Å². The Bertz CT molecular complexity index is 1010. The van der Waals surface area contributed by atoms with Crippen molar-refractivity contribution in [2.45, 2.75) is 51.1 Å². The Kier molecular flexibility index (Phi) is 11.0. The predicted octanol–water partition coefficient (Wildman–Crippen LogP) is 4.47. The number of hydrogen-bond donors (Lipinski definition) is 3. The lowest BCUT2D eigenvalue weighted by atomic mass is 10.1. The Labute approximate surface area is 213 Å². The van der Waals surface area contributed by atoms with Crippen molar-refractivity contribution in [3.8, 4) is 11.8 Å². The van der Waals surface area contributed by atoms with Crippen molar-refractivity contribution in [2.24, 2.45) is 0 Å². The highest BCUT2D eigenvalue weighted by atomic mass is 19.4. The number of esters is 1. The first-order valence-corrected chi connectivity index (χ1v) is 12.4. The monoisotopic (exact) mass is 526 g/mol. The summed E-state index contributed by atoms with van der Waals surface area (Å²) in [7, 11) is 1.28. The number of nitrogens with zero attached hydrogens (tertiary/aromatic N) is 3. The summed E-state index contributed by atoms with van der Waals surface area (Å²) in [5, 5.41) is 9.36. The van der Waals surface area contributed by atoms with Gasteiger partial charge in [0.1, 0.15) is 11.3 Å². The number of rotatable bonds is 3. The van der Waals surface area contributed by atoms with Crippen LogP contribution in [0.4, 0.5) is 30.8 Å². The largest absolute Gasteiger partial charge is 0.493 e. The van der Waals surface area contributed by atoms with E-state index in [-0.39, 0.29) is 17.5 Å². The lowest BCUT2D eigenvalue weighted by Gasteiger charge is -2.14. The van der Waals surface area contributed by atoms with E-state index in [9.17, 15) is 18.0 Å². The zero-order valence-electron chi connectivity index (χ0n) is 20.8. The van der Waals surface area contributed by atoms with Crippen molar-refractivity contribution in [3.63, 3.8) is 0 Å². The SMILES string of the molecule is COC(=O)c1ccc2cc1OCCCNCCCCCCCCNc1nc(nc(OCC(F)(F)F)n1)N2. The first-order valence-electron chi connectivity index (χ1n) is 12.4. The van der Waals surface area contributed by atoms with Crippen LogP contribution in [0.15, 0.2) is 18.2 Å². The number of aromatic nitrogens is 3. The van der Waals surface area contributed by atoms with Crippen LogP contribution in [0.25, 0.3) is 0 Å². The lowest BCUT2D eigenvalue weighted by Crippen LogP contribution is -2.21. The fraction of sp³-hybridized carbons (Fsp3) is 0.583. The number of anilines is 3. The number of ether oxygens (including phenoxy) is 3. The van der Waals surface area contributed by atoms with E-state index in [4.69, 9.17) is 14.2 Å². The van der Waals surface area contributed by atoms with E-state index >= 15 is 0 Å². The summed E-state index contributed by atoms with van der Waals surface area (Å²) in [6, 6.07) is 4.22. The second-order valence-corrected chi connectivity index (χ2v) is 8.50. The molecule has 0 unspecified atom stereocenters. The molecule has 0 saturated carbocycles. The van der Waals surface area contributed by atoms with Gasteiger partial charge in [0.25, 0.3) is 0 Å². The van der Waals surface area contributed by atoms with Crippen LogP contribution in [0.2, 0.25) is 0 Å². The minimum Gasteiger partial charge on any atom is -0.493 e. The average molecular weight is 527 g/mol. The molecule has 0 saturated heterocycles. The summed E-state index contributed by atoms with van der Waals surface area (Å²) >= 11 is 0. The third-order valence-corrected chi connectivity index (χ3v) is 5.44. The zero-order valence-corrected chi connectivity index (χ0v) is 20.8. The topological polar surface area (TPSA) is 120 Å². The van der Waals surface area contributed by atoms with Crippen molar-refractivity contribution < 1.29 is 32.2 Å². The molecule has 1 aliphatic heterocycles. The maximum atomic E-state index is 12.7. The quantitative estimate of drug-likeness (QED) is 0.494. The van der Waals surface area contributed by atoms with Crippen LogP contribution >= 0.6 is 0 Å². The third kappa shape index (κ3) is 10.3. The second-order valence-electron chi connectivity index (χ2n) is 8.50. The second kappa shape index (κ2) is 14.4. The molecule has 0 radical (unpaired) electrons. The van der Waals surface area contributed by atoms with Gasteiger partial charge in [-0.3, -0.25) is 0 Å². The molecular weight excluding hydrogens is 493 g/mol. The number of carbonyl (C=O) groups excluding carboxylic acids is 1. The summed E-state index contributed by atoms with van der Waals surface area (Å²) in [4.78, 5) is 24.4. The molecule has 3 rings (SSSR count). The van der Waals surface area contributed by atoms with Crippen molar-refractivity contribution in [1.29, 1.82) is 0 Å². The smallest absolute Gasteiger partial charge is 0.422 e. The summed E-state index contributed by atoms with van der Waals surface area (Å²) in [5.41, 5.74) is 0.692. The van der Waals surface area contributed by atoms with Gasteiger partial charge in [0.05, 0.1) is 13.7 Å². The van der Waals surface area contributed by atoms with Crippen LogP contribution in [0.1, 0.15) is 55.3 Å². The van der Waals surface area contributed by atoms with Gasteiger partial charge in [-0.15, -0.1) is 0 Å². The van der Waals surface area contributed by atoms with E-state index in [1.165, 1.54) is 13.2 Å². The fourth-order valence-corrected chi connectivity index (χ4v) is 3.62. The number of methoxy groups -OCH3 is 1. The van der Waals surface area contributed by atoms with E-state index in [1.54, 1.807) is 12.1 Å². The third-order valence-electron chi connectivity index (χ3n) is 5.44. The molecule has 10 nitrogen and oxygen atoms in total. The molecule has 0 fully saturated rings. The van der Waals surface area contributed by atoms with Gasteiger partial charge in [-0.25, -0.2) is 4.79 Å². The van der Waals surface area contributed by atoms with E-state index in [0.717, 1.165) is 58.0 Å². The molecule has 0 aliphatic carbocycles. The molecule has 0 atom stereocenters. The number of carbonyl (C=O) groups is 1. The summed E-state index contributed by atoms with van der Waals surface area (Å²) in [6.45, 7) is 1.11. The van der Waals surface area contributed by atoms with Gasteiger partial charge in [0.2, 0.25) is 11.9 Å². The summed E-state index contributed by atoms with van der Waals surface area (Å²) in [6.07, 6.45) is 2.52. The van der Waals surface area contributed by atoms with Crippen LogP contribution in [0.3, 0.4) is 0 Å². The molecule has 4 bridgehead atoms. The van der Waals surface area contributed by atoms with Crippen molar-refractivity contribution in [2.75, 3.05) is 50.6 Å². The first-order chi connectivity index (χ1) is 17.8. The summed E-state index contributed by atoms with van der Waals surface area (Å²) in [5.74, 6) is -0.195. The van der Waals surface area contributed by atoms with E-state index in [0.29, 0.717) is 24.6 Å². The van der Waals surface area contributed by atoms with Gasteiger partial charge in [-0.2, -0.15) is 28.1 Å². The maximum absolute atomic E-state index is 12.7. The Morgan fingerprint density at radius 3 is 2.43 bits per heavy atom. The van der Waals surface area contributed by atoms with Crippen LogP contribution < -0.4 is 25.4 Å². The van der Waals surface area contributed by atoms with Gasteiger partial charge in [0.15, 0.2) is 6.61 Å². The maximum Gasteiger partial charge on any atom is 0.422 e. The highest BCUT2D eigenvalue weighted by molar-refractivity contribution is 5.93. The van der Waals surface area contributed by atoms with Crippen molar-refractivity contribution in [1.82, 2.24) is 20.3 Å². The molecule has 3 N–H and O–H groups in total. The Morgan fingerprint density at radius 2 is 1.68 bits per heavy atom. The highest BCUT2D eigenvalue weighted by Crippen LogP contribution is 2.27. The standard InChI is InChI=1S/C24H33F3N6O4/c1-35-20(34)18-10-9-17-15-19(18)36-14-8-12-28-11-6-4-2-3-5-7-13-29-21-31-22(30-17)33-23(32-21)37-16-24(25,26)27/h9-10,15,28H,2-8,11-14,16H2,1H3,(H2,29,30,31,32,33). The molecule has 2 aromatic rings. The lowest BCUT2D eigenvalue weighted by molar-refractivity contribution is -0.154. The molecule has 37 heavy (non-hydrogen) atoms. The normalized spacial score (nSPS) is 16.2. The Morgan fingerprint density at radius 1 is 0.973 bits per heavy atom. The molecule has 0 spiro atoms. The average Bonchev–Trinajstić information content (AvgIpc) is 2.86. The molecule has 13 heteroatoms. The number of halogens is 3. The van der Waals surface area contributed by atoms with E-state index in [2.05, 4.69) is 30.9 Å². The predicted molar refractivity (Wildman–Crippen MR) is 132 cm³/mol. The van der Waals surface area contributed by atoms with Crippen LogP contribution in [0, 0.1) is 0 Å². The number of fused-ring (bicyclic) bond motifs is 4. The van der Waals surface area contributed by atoms with Gasteiger partial charge in [-0.1, -0.05) is 25.7 Å². The van der Waals surface area contributed by atoms with Crippen molar-refractivity contribution >= 4 is 23.6 Å².